The minimum absolute atomic E-state index is 0.268. The van der Waals surface area contributed by atoms with Crippen LogP contribution in [0.15, 0.2) is 0 Å². The topological polar surface area (TPSA) is 67.6 Å². The monoisotopic (exact) mass is 257 g/mol. The third kappa shape index (κ3) is 4.23. The molecule has 2 atom stereocenters. The van der Waals surface area contributed by atoms with Crippen LogP contribution in [0.1, 0.15) is 33.6 Å². The van der Waals surface area contributed by atoms with Gasteiger partial charge in [-0.2, -0.15) is 0 Å². The molecule has 0 aromatic heterocycles. The number of rotatable bonds is 7. The fourth-order valence-electron chi connectivity index (χ4n) is 2.40. The molecule has 18 heavy (non-hydrogen) atoms. The maximum Gasteiger partial charge on any atom is 0.237 e. The van der Waals surface area contributed by atoms with Gasteiger partial charge in [0.25, 0.3) is 0 Å². The second kappa shape index (κ2) is 7.07. The smallest absolute Gasteiger partial charge is 0.237 e. The van der Waals surface area contributed by atoms with E-state index in [1.54, 1.807) is 0 Å². The maximum absolute atomic E-state index is 11.7. The zero-order valence-corrected chi connectivity index (χ0v) is 11.9. The molecule has 106 valence electrons. The molecule has 1 amide bonds. The van der Waals surface area contributed by atoms with Gasteiger partial charge in [-0.1, -0.05) is 6.92 Å². The lowest BCUT2D eigenvalue weighted by molar-refractivity contribution is -0.124. The summed E-state index contributed by atoms with van der Waals surface area (Å²) < 4.78 is 5.34. The second-order valence-electron chi connectivity index (χ2n) is 5.32. The first-order valence-electron chi connectivity index (χ1n) is 6.86. The summed E-state index contributed by atoms with van der Waals surface area (Å²) in [7, 11) is 0. The Balaban J connectivity index is 2.55. The quantitative estimate of drug-likeness (QED) is 0.690. The van der Waals surface area contributed by atoms with E-state index in [-0.39, 0.29) is 5.91 Å². The fourth-order valence-corrected chi connectivity index (χ4v) is 2.40. The molecule has 3 N–H and O–H groups in total. The predicted molar refractivity (Wildman–Crippen MR) is 72.4 cm³/mol. The first kappa shape index (κ1) is 15.4. The number of nitrogens with one attached hydrogen (secondary N) is 1. The molecule has 1 rings (SSSR count). The van der Waals surface area contributed by atoms with Crippen molar-refractivity contribution in [2.75, 3.05) is 32.8 Å². The Labute approximate surface area is 110 Å². The maximum atomic E-state index is 11.7. The van der Waals surface area contributed by atoms with Gasteiger partial charge in [-0.05, 0) is 33.2 Å². The average molecular weight is 257 g/mol. The molecular formula is C13H27N3O2. The van der Waals surface area contributed by atoms with E-state index in [0.717, 1.165) is 45.7 Å². The lowest BCUT2D eigenvalue weighted by Crippen LogP contribution is -2.57. The normalized spacial score (nSPS) is 22.4. The Kier molecular flexibility index (Phi) is 6.05. The van der Waals surface area contributed by atoms with Crippen LogP contribution < -0.4 is 11.1 Å². The molecular weight excluding hydrogens is 230 g/mol. The van der Waals surface area contributed by atoms with Gasteiger partial charge in [0.15, 0.2) is 0 Å². The highest BCUT2D eigenvalue weighted by molar-refractivity contribution is 5.84. The molecule has 0 aromatic rings. The lowest BCUT2D eigenvalue weighted by atomic mass is 9.91. The largest absolute Gasteiger partial charge is 0.379 e. The molecule has 5 nitrogen and oxygen atoms in total. The minimum Gasteiger partial charge on any atom is -0.379 e. The van der Waals surface area contributed by atoms with Crippen LogP contribution in [0.2, 0.25) is 0 Å². The molecule has 1 heterocycles. The summed E-state index contributed by atoms with van der Waals surface area (Å²) in [6.45, 7) is 10.4. The summed E-state index contributed by atoms with van der Waals surface area (Å²) in [6.07, 6.45) is 1.73. The van der Waals surface area contributed by atoms with Crippen molar-refractivity contribution in [3.8, 4) is 0 Å². The highest BCUT2D eigenvalue weighted by Crippen LogP contribution is 2.17. The van der Waals surface area contributed by atoms with Gasteiger partial charge in [0.2, 0.25) is 5.91 Å². The van der Waals surface area contributed by atoms with Crippen LogP contribution >= 0.6 is 0 Å². The molecule has 2 unspecified atom stereocenters. The van der Waals surface area contributed by atoms with Crippen LogP contribution in [-0.2, 0) is 9.53 Å². The minimum atomic E-state index is -0.617. The van der Waals surface area contributed by atoms with E-state index < -0.39 is 5.54 Å². The van der Waals surface area contributed by atoms with Gasteiger partial charge in [-0.15, -0.1) is 0 Å². The summed E-state index contributed by atoms with van der Waals surface area (Å²) in [5, 5.41) is 3.28. The molecule has 1 aliphatic heterocycles. The SMILES string of the molecule is CCCNC(C)(CC(C)N1CCOCC1)C(N)=O. The molecule has 0 aliphatic carbocycles. The number of amides is 1. The number of hydrogen-bond donors (Lipinski definition) is 2. The van der Waals surface area contributed by atoms with Crippen molar-refractivity contribution in [2.24, 2.45) is 5.73 Å². The van der Waals surface area contributed by atoms with E-state index >= 15 is 0 Å². The zero-order chi connectivity index (χ0) is 13.6. The lowest BCUT2D eigenvalue weighted by Gasteiger charge is -2.37. The molecule has 0 saturated carbocycles. The first-order chi connectivity index (χ1) is 8.49. The van der Waals surface area contributed by atoms with Gasteiger partial charge in [0.05, 0.1) is 18.8 Å². The van der Waals surface area contributed by atoms with Crippen LogP contribution in [0.4, 0.5) is 0 Å². The summed E-state index contributed by atoms with van der Waals surface area (Å²) in [4.78, 5) is 14.0. The number of nitrogens with zero attached hydrogens (tertiary/aromatic N) is 1. The number of primary amides is 1. The van der Waals surface area contributed by atoms with Gasteiger partial charge >= 0.3 is 0 Å². The van der Waals surface area contributed by atoms with Crippen molar-refractivity contribution in [1.82, 2.24) is 10.2 Å². The van der Waals surface area contributed by atoms with Crippen molar-refractivity contribution in [1.29, 1.82) is 0 Å². The Morgan fingerprint density at radius 1 is 1.50 bits per heavy atom. The summed E-state index contributed by atoms with van der Waals surface area (Å²) >= 11 is 0. The highest BCUT2D eigenvalue weighted by Gasteiger charge is 2.33. The number of ether oxygens (including phenoxy) is 1. The van der Waals surface area contributed by atoms with Crippen molar-refractivity contribution in [3.05, 3.63) is 0 Å². The molecule has 5 heteroatoms. The number of nitrogens with two attached hydrogens (primary N) is 1. The van der Waals surface area contributed by atoms with Gasteiger partial charge in [0.1, 0.15) is 0 Å². The highest BCUT2D eigenvalue weighted by atomic mass is 16.5. The van der Waals surface area contributed by atoms with Crippen molar-refractivity contribution in [2.45, 2.75) is 45.2 Å². The van der Waals surface area contributed by atoms with Gasteiger partial charge < -0.3 is 15.8 Å². The summed E-state index contributed by atoms with van der Waals surface area (Å²) in [6, 6.07) is 0.329. The van der Waals surface area contributed by atoms with E-state index in [1.807, 2.05) is 6.92 Å². The second-order valence-corrected chi connectivity index (χ2v) is 5.32. The first-order valence-corrected chi connectivity index (χ1v) is 6.86. The Morgan fingerprint density at radius 3 is 2.61 bits per heavy atom. The number of carbonyl (C=O) groups is 1. The molecule has 0 spiro atoms. The third-order valence-corrected chi connectivity index (χ3v) is 3.68. The van der Waals surface area contributed by atoms with Crippen molar-refractivity contribution >= 4 is 5.91 Å². The molecule has 1 fully saturated rings. The number of hydrogen-bond acceptors (Lipinski definition) is 4. The van der Waals surface area contributed by atoms with E-state index in [1.165, 1.54) is 0 Å². The van der Waals surface area contributed by atoms with Crippen LogP contribution in [0.25, 0.3) is 0 Å². The molecule has 0 aromatic carbocycles. The van der Waals surface area contributed by atoms with E-state index in [9.17, 15) is 4.79 Å². The third-order valence-electron chi connectivity index (χ3n) is 3.68. The van der Waals surface area contributed by atoms with Gasteiger partial charge in [-0.3, -0.25) is 9.69 Å². The van der Waals surface area contributed by atoms with Crippen LogP contribution in [-0.4, -0.2) is 55.2 Å². The van der Waals surface area contributed by atoms with Crippen molar-refractivity contribution in [3.63, 3.8) is 0 Å². The molecule has 0 bridgehead atoms. The van der Waals surface area contributed by atoms with E-state index in [4.69, 9.17) is 10.5 Å². The molecule has 0 radical (unpaired) electrons. The Morgan fingerprint density at radius 2 is 2.11 bits per heavy atom. The van der Waals surface area contributed by atoms with Gasteiger partial charge in [-0.25, -0.2) is 0 Å². The predicted octanol–water partition coefficient (Wildman–Crippen LogP) is 0.341. The fraction of sp³-hybridized carbons (Fsp3) is 0.923. The standard InChI is InChI=1S/C13H27N3O2/c1-4-5-15-13(3,12(14)17)10-11(2)16-6-8-18-9-7-16/h11,15H,4-10H2,1-3H3,(H2,14,17). The van der Waals surface area contributed by atoms with Gasteiger partial charge in [0, 0.05) is 19.1 Å². The average Bonchev–Trinajstić information content (AvgIpc) is 2.37. The van der Waals surface area contributed by atoms with E-state index in [0.29, 0.717) is 6.04 Å². The zero-order valence-electron chi connectivity index (χ0n) is 11.9. The Hall–Kier alpha value is -0.650. The number of morpholine rings is 1. The van der Waals surface area contributed by atoms with Crippen LogP contribution in [0.3, 0.4) is 0 Å². The van der Waals surface area contributed by atoms with E-state index in [2.05, 4.69) is 24.1 Å². The van der Waals surface area contributed by atoms with Crippen LogP contribution in [0, 0.1) is 0 Å². The van der Waals surface area contributed by atoms with Crippen LogP contribution in [0.5, 0.6) is 0 Å². The summed E-state index contributed by atoms with van der Waals surface area (Å²) in [5.41, 5.74) is 4.93. The van der Waals surface area contributed by atoms with Crippen molar-refractivity contribution < 1.29 is 9.53 Å². The summed E-state index contributed by atoms with van der Waals surface area (Å²) in [5.74, 6) is -0.268. The molecule has 1 aliphatic rings. The Bertz CT molecular complexity index is 267. The molecule has 1 saturated heterocycles. The number of carbonyl (C=O) groups excluding carboxylic acids is 1.